The maximum Gasteiger partial charge on any atom is 0.150 e. The highest BCUT2D eigenvalue weighted by Crippen LogP contribution is 2.27. The van der Waals surface area contributed by atoms with Gasteiger partial charge >= 0.3 is 0 Å². The molecule has 1 nitrogen and oxygen atoms in total. The van der Waals surface area contributed by atoms with Gasteiger partial charge in [0.1, 0.15) is 6.29 Å². The van der Waals surface area contributed by atoms with Gasteiger partial charge in [-0.15, -0.1) is 0 Å². The summed E-state index contributed by atoms with van der Waals surface area (Å²) in [5.41, 5.74) is 1.98. The first kappa shape index (κ1) is 11.0. The summed E-state index contributed by atoms with van der Waals surface area (Å²) in [4.78, 5) is 12.9. The van der Waals surface area contributed by atoms with E-state index in [1.54, 1.807) is 11.8 Å². The fourth-order valence-electron chi connectivity index (χ4n) is 1.36. The van der Waals surface area contributed by atoms with E-state index in [0.717, 1.165) is 11.2 Å². The highest BCUT2D eigenvalue weighted by atomic mass is 32.2. The van der Waals surface area contributed by atoms with Crippen LogP contribution in [0.5, 0.6) is 0 Å². The fourth-order valence-corrected chi connectivity index (χ4v) is 2.17. The van der Waals surface area contributed by atoms with E-state index < -0.39 is 0 Å². The van der Waals surface area contributed by atoms with Crippen molar-refractivity contribution in [2.45, 2.75) is 16.7 Å². The second kappa shape index (κ2) is 4.99. The van der Waals surface area contributed by atoms with Crippen LogP contribution in [0.3, 0.4) is 0 Å². The maximum absolute atomic E-state index is 10.5. The third-order valence-electron chi connectivity index (χ3n) is 2.27. The zero-order chi connectivity index (χ0) is 11.4. The molecule has 0 saturated heterocycles. The Kier molecular flexibility index (Phi) is 3.42. The molecule has 80 valence electrons. The largest absolute Gasteiger partial charge is 0.298 e. The molecular formula is C14H12OS. The SMILES string of the molecule is Cc1ccc(Sc2ccc(C=O)cc2)cc1. The molecule has 2 aromatic carbocycles. The zero-order valence-electron chi connectivity index (χ0n) is 9.01. The second-order valence-corrected chi connectivity index (χ2v) is 4.75. The van der Waals surface area contributed by atoms with Crippen LogP contribution >= 0.6 is 11.8 Å². The van der Waals surface area contributed by atoms with Crippen LogP contribution < -0.4 is 0 Å². The lowest BCUT2D eigenvalue weighted by Crippen LogP contribution is -1.79. The molecule has 0 aliphatic heterocycles. The van der Waals surface area contributed by atoms with Crippen molar-refractivity contribution in [3.05, 3.63) is 59.7 Å². The van der Waals surface area contributed by atoms with Crippen molar-refractivity contribution in [1.82, 2.24) is 0 Å². The molecule has 2 aromatic rings. The topological polar surface area (TPSA) is 17.1 Å². The lowest BCUT2D eigenvalue weighted by atomic mass is 10.2. The molecule has 16 heavy (non-hydrogen) atoms. The molecule has 0 heterocycles. The van der Waals surface area contributed by atoms with E-state index in [9.17, 15) is 4.79 Å². The summed E-state index contributed by atoms with van der Waals surface area (Å²) in [6.07, 6.45) is 0.861. The van der Waals surface area contributed by atoms with Gasteiger partial charge in [-0.3, -0.25) is 4.79 Å². The second-order valence-electron chi connectivity index (χ2n) is 3.60. The molecular weight excluding hydrogens is 216 g/mol. The van der Waals surface area contributed by atoms with Crippen molar-refractivity contribution >= 4 is 18.0 Å². The number of aryl methyl sites for hydroxylation is 1. The van der Waals surface area contributed by atoms with Crippen molar-refractivity contribution in [2.24, 2.45) is 0 Å². The predicted molar refractivity (Wildman–Crippen MR) is 67.1 cm³/mol. The molecule has 0 saturated carbocycles. The van der Waals surface area contributed by atoms with E-state index in [-0.39, 0.29) is 0 Å². The molecule has 0 aliphatic rings. The van der Waals surface area contributed by atoms with Gasteiger partial charge in [-0.25, -0.2) is 0 Å². The Morgan fingerprint density at radius 2 is 1.38 bits per heavy atom. The molecule has 2 rings (SSSR count). The number of carbonyl (C=O) groups is 1. The zero-order valence-corrected chi connectivity index (χ0v) is 9.83. The van der Waals surface area contributed by atoms with E-state index >= 15 is 0 Å². The Labute approximate surface area is 99.5 Å². The fraction of sp³-hybridized carbons (Fsp3) is 0.0714. The normalized spacial score (nSPS) is 10.1. The number of aldehydes is 1. The first-order valence-corrected chi connectivity index (χ1v) is 5.89. The quantitative estimate of drug-likeness (QED) is 0.740. The first-order chi connectivity index (χ1) is 7.78. The van der Waals surface area contributed by atoms with Gasteiger partial charge in [0.05, 0.1) is 0 Å². The molecule has 0 N–H and O–H groups in total. The highest BCUT2D eigenvalue weighted by molar-refractivity contribution is 7.99. The van der Waals surface area contributed by atoms with Gasteiger partial charge in [0.15, 0.2) is 0 Å². The number of rotatable bonds is 3. The molecule has 0 atom stereocenters. The maximum atomic E-state index is 10.5. The van der Waals surface area contributed by atoms with E-state index in [1.807, 2.05) is 24.3 Å². The summed E-state index contributed by atoms with van der Waals surface area (Å²) < 4.78 is 0. The van der Waals surface area contributed by atoms with Gasteiger partial charge in [0.2, 0.25) is 0 Å². The van der Waals surface area contributed by atoms with Crippen LogP contribution in [0.1, 0.15) is 15.9 Å². The van der Waals surface area contributed by atoms with Gasteiger partial charge < -0.3 is 0 Å². The van der Waals surface area contributed by atoms with Crippen LogP contribution in [0, 0.1) is 6.92 Å². The smallest absolute Gasteiger partial charge is 0.150 e. The minimum Gasteiger partial charge on any atom is -0.298 e. The van der Waals surface area contributed by atoms with Crippen molar-refractivity contribution < 1.29 is 4.79 Å². The molecule has 0 spiro atoms. The van der Waals surface area contributed by atoms with E-state index in [2.05, 4.69) is 31.2 Å². The van der Waals surface area contributed by atoms with Crippen molar-refractivity contribution in [1.29, 1.82) is 0 Å². The van der Waals surface area contributed by atoms with Crippen LogP contribution in [0.25, 0.3) is 0 Å². The molecule has 0 aromatic heterocycles. The van der Waals surface area contributed by atoms with Crippen LogP contribution in [-0.4, -0.2) is 6.29 Å². The summed E-state index contributed by atoms with van der Waals surface area (Å²) >= 11 is 1.70. The molecule has 0 amide bonds. The Morgan fingerprint density at radius 3 is 1.88 bits per heavy atom. The number of hydrogen-bond donors (Lipinski definition) is 0. The van der Waals surface area contributed by atoms with Crippen molar-refractivity contribution in [3.63, 3.8) is 0 Å². The molecule has 0 radical (unpaired) electrons. The Balaban J connectivity index is 2.14. The van der Waals surface area contributed by atoms with Crippen molar-refractivity contribution in [3.8, 4) is 0 Å². The molecule has 0 bridgehead atoms. The van der Waals surface area contributed by atoms with Gasteiger partial charge in [0, 0.05) is 15.4 Å². The monoisotopic (exact) mass is 228 g/mol. The standard InChI is InChI=1S/C14H12OS/c1-11-2-6-13(7-3-11)16-14-8-4-12(10-15)5-9-14/h2-10H,1H3. The van der Waals surface area contributed by atoms with E-state index in [1.165, 1.54) is 10.5 Å². The van der Waals surface area contributed by atoms with Crippen LogP contribution in [0.2, 0.25) is 0 Å². The Morgan fingerprint density at radius 1 is 0.875 bits per heavy atom. The summed E-state index contributed by atoms with van der Waals surface area (Å²) in [6.45, 7) is 2.08. The number of hydrogen-bond acceptors (Lipinski definition) is 2. The van der Waals surface area contributed by atoms with Gasteiger partial charge in [-0.2, -0.15) is 0 Å². The van der Waals surface area contributed by atoms with Gasteiger partial charge in [-0.1, -0.05) is 41.6 Å². The molecule has 0 aliphatic carbocycles. The minimum absolute atomic E-state index is 0.716. The van der Waals surface area contributed by atoms with Crippen molar-refractivity contribution in [2.75, 3.05) is 0 Å². The van der Waals surface area contributed by atoms with Gasteiger partial charge in [-0.05, 0) is 31.2 Å². The highest BCUT2D eigenvalue weighted by Gasteiger charge is 1.97. The summed E-state index contributed by atoms with van der Waals surface area (Å²) in [5.74, 6) is 0. The Bertz CT molecular complexity index is 471. The summed E-state index contributed by atoms with van der Waals surface area (Å²) in [7, 11) is 0. The van der Waals surface area contributed by atoms with Crippen LogP contribution in [0.15, 0.2) is 58.3 Å². The van der Waals surface area contributed by atoms with E-state index in [4.69, 9.17) is 0 Å². The van der Waals surface area contributed by atoms with Crippen LogP contribution in [-0.2, 0) is 0 Å². The van der Waals surface area contributed by atoms with Gasteiger partial charge in [0.25, 0.3) is 0 Å². The molecule has 0 unspecified atom stereocenters. The number of carbonyl (C=O) groups excluding carboxylic acids is 1. The Hall–Kier alpha value is -1.54. The third kappa shape index (κ3) is 2.74. The molecule has 0 fully saturated rings. The molecule has 2 heteroatoms. The summed E-state index contributed by atoms with van der Waals surface area (Å²) in [5, 5.41) is 0. The predicted octanol–water partition coefficient (Wildman–Crippen LogP) is 3.96. The third-order valence-corrected chi connectivity index (χ3v) is 3.29. The average molecular weight is 228 g/mol. The lowest BCUT2D eigenvalue weighted by Gasteiger charge is -2.02. The minimum atomic E-state index is 0.716. The first-order valence-electron chi connectivity index (χ1n) is 5.08. The summed E-state index contributed by atoms with van der Waals surface area (Å²) in [6, 6.07) is 16.0. The van der Waals surface area contributed by atoms with Crippen LogP contribution in [0.4, 0.5) is 0 Å². The van der Waals surface area contributed by atoms with E-state index in [0.29, 0.717) is 5.56 Å². The lowest BCUT2D eigenvalue weighted by molar-refractivity contribution is 0.112. The number of benzene rings is 2. The average Bonchev–Trinajstić information content (AvgIpc) is 2.33.